The second kappa shape index (κ2) is 9.59. The van der Waals surface area contributed by atoms with Gasteiger partial charge in [0.05, 0.1) is 4.90 Å². The van der Waals surface area contributed by atoms with Crippen LogP contribution in [0.1, 0.15) is 55.2 Å². The lowest BCUT2D eigenvalue weighted by Gasteiger charge is -2.34. The molecule has 5 rings (SSSR count). The van der Waals surface area contributed by atoms with Crippen LogP contribution in [-0.4, -0.2) is 49.2 Å². The molecule has 2 fully saturated rings. The molecule has 5 nitrogen and oxygen atoms in total. The van der Waals surface area contributed by atoms with E-state index in [-0.39, 0.29) is 11.8 Å². The second-order valence-electron chi connectivity index (χ2n) is 9.81. The molecule has 0 aromatic heterocycles. The van der Waals surface area contributed by atoms with E-state index in [4.69, 9.17) is 0 Å². The highest BCUT2D eigenvalue weighted by molar-refractivity contribution is 7.89. The lowest BCUT2D eigenvalue weighted by atomic mass is 9.95. The van der Waals surface area contributed by atoms with Gasteiger partial charge in [-0.05, 0) is 86.6 Å². The minimum Gasteiger partial charge on any atom is -0.339 e. The van der Waals surface area contributed by atoms with Crippen molar-refractivity contribution < 1.29 is 13.2 Å². The summed E-state index contributed by atoms with van der Waals surface area (Å²) in [7, 11) is -3.49. The lowest BCUT2D eigenvalue weighted by molar-refractivity contribution is -0.137. The van der Waals surface area contributed by atoms with Crippen molar-refractivity contribution >= 4 is 15.9 Å². The maximum absolute atomic E-state index is 13.3. The van der Waals surface area contributed by atoms with Crippen LogP contribution in [0, 0.1) is 5.92 Å². The Morgan fingerprint density at radius 1 is 0.879 bits per heavy atom. The van der Waals surface area contributed by atoms with Crippen LogP contribution in [0.15, 0.2) is 53.4 Å². The van der Waals surface area contributed by atoms with E-state index in [1.165, 1.54) is 16.7 Å². The quantitative estimate of drug-likeness (QED) is 0.641. The highest BCUT2D eigenvalue weighted by Crippen LogP contribution is 2.31. The molecule has 0 radical (unpaired) electrons. The van der Waals surface area contributed by atoms with Crippen molar-refractivity contribution in [3.63, 3.8) is 0 Å². The van der Waals surface area contributed by atoms with Crippen LogP contribution in [-0.2, 0) is 34.1 Å². The SMILES string of the molecule is O=C(C1CCN(S(=O)(=O)c2ccc3c(c2)CCC3)CC1)N1CCCC1CCc1ccccc1. The molecule has 2 aromatic rings. The zero-order valence-corrected chi connectivity index (χ0v) is 20.1. The van der Waals surface area contributed by atoms with E-state index in [0.717, 1.165) is 51.5 Å². The maximum Gasteiger partial charge on any atom is 0.243 e. The molecule has 1 atom stereocenters. The fourth-order valence-electron chi connectivity index (χ4n) is 5.84. The number of fused-ring (bicyclic) bond motifs is 1. The molecule has 2 heterocycles. The third-order valence-corrected chi connectivity index (χ3v) is 9.67. The molecule has 3 aliphatic rings. The van der Waals surface area contributed by atoms with Crippen molar-refractivity contribution in [1.29, 1.82) is 0 Å². The summed E-state index contributed by atoms with van der Waals surface area (Å²) >= 11 is 0. The zero-order valence-electron chi connectivity index (χ0n) is 19.3. The van der Waals surface area contributed by atoms with E-state index in [0.29, 0.717) is 36.9 Å². The molecule has 0 spiro atoms. The van der Waals surface area contributed by atoms with Crippen LogP contribution in [0.3, 0.4) is 0 Å². The van der Waals surface area contributed by atoms with Crippen LogP contribution < -0.4 is 0 Å². The number of aryl methyl sites for hydroxylation is 3. The van der Waals surface area contributed by atoms with E-state index in [2.05, 4.69) is 29.2 Å². The number of amides is 1. The van der Waals surface area contributed by atoms with E-state index in [1.807, 2.05) is 18.2 Å². The smallest absolute Gasteiger partial charge is 0.243 e. The van der Waals surface area contributed by atoms with Crippen molar-refractivity contribution in [2.75, 3.05) is 19.6 Å². The Morgan fingerprint density at radius 3 is 2.42 bits per heavy atom. The summed E-state index contributed by atoms with van der Waals surface area (Å²) < 4.78 is 28.0. The van der Waals surface area contributed by atoms with E-state index >= 15 is 0 Å². The first-order chi connectivity index (χ1) is 16.0. The van der Waals surface area contributed by atoms with Crippen LogP contribution in [0.25, 0.3) is 0 Å². The van der Waals surface area contributed by atoms with Crippen molar-refractivity contribution in [1.82, 2.24) is 9.21 Å². The van der Waals surface area contributed by atoms with Gasteiger partial charge in [0, 0.05) is 31.6 Å². The van der Waals surface area contributed by atoms with Crippen molar-refractivity contribution in [3.8, 4) is 0 Å². The summed E-state index contributed by atoms with van der Waals surface area (Å²) in [6, 6.07) is 16.4. The molecular weight excluding hydrogens is 432 g/mol. The zero-order chi connectivity index (χ0) is 22.8. The average molecular weight is 467 g/mol. The normalized spacial score (nSPS) is 21.9. The Labute approximate surface area is 197 Å². The van der Waals surface area contributed by atoms with Gasteiger partial charge in [0.2, 0.25) is 15.9 Å². The number of nitrogens with zero attached hydrogens (tertiary/aromatic N) is 2. The molecule has 1 unspecified atom stereocenters. The first kappa shape index (κ1) is 22.6. The number of carbonyl (C=O) groups excluding carboxylic acids is 1. The Kier molecular flexibility index (Phi) is 6.57. The van der Waals surface area contributed by atoms with Gasteiger partial charge in [-0.25, -0.2) is 8.42 Å². The van der Waals surface area contributed by atoms with Gasteiger partial charge in [-0.15, -0.1) is 0 Å². The van der Waals surface area contributed by atoms with Gasteiger partial charge in [-0.1, -0.05) is 36.4 Å². The molecule has 176 valence electrons. The molecule has 2 aromatic carbocycles. The van der Waals surface area contributed by atoms with Crippen molar-refractivity contribution in [2.45, 2.75) is 68.7 Å². The predicted molar refractivity (Wildman–Crippen MR) is 129 cm³/mol. The maximum atomic E-state index is 13.3. The first-order valence-electron chi connectivity index (χ1n) is 12.5. The topological polar surface area (TPSA) is 57.7 Å². The molecule has 6 heteroatoms. The third-order valence-electron chi connectivity index (χ3n) is 7.78. The largest absolute Gasteiger partial charge is 0.339 e. The van der Waals surface area contributed by atoms with Crippen LogP contribution >= 0.6 is 0 Å². The van der Waals surface area contributed by atoms with Crippen molar-refractivity contribution in [3.05, 3.63) is 65.2 Å². The summed E-state index contributed by atoms with van der Waals surface area (Å²) in [6.07, 6.45) is 8.49. The summed E-state index contributed by atoms with van der Waals surface area (Å²) in [6.45, 7) is 1.70. The molecule has 2 aliphatic heterocycles. The van der Waals surface area contributed by atoms with Gasteiger partial charge in [0.25, 0.3) is 0 Å². The molecule has 0 bridgehead atoms. The molecule has 1 aliphatic carbocycles. The van der Waals surface area contributed by atoms with Crippen molar-refractivity contribution in [2.24, 2.45) is 5.92 Å². The van der Waals surface area contributed by atoms with Gasteiger partial charge in [0.15, 0.2) is 0 Å². The standard InChI is InChI=1S/C27H34N2O3S/c30-27(29-17-5-10-25(29)13-11-21-6-2-1-3-7-21)23-15-18-28(19-16-23)33(31,32)26-14-12-22-8-4-9-24(22)20-26/h1-3,6-7,12,14,20,23,25H,4-5,8-11,13,15-19H2. The van der Waals surface area contributed by atoms with Gasteiger partial charge in [0.1, 0.15) is 0 Å². The molecule has 0 saturated carbocycles. The first-order valence-corrected chi connectivity index (χ1v) is 13.9. The minimum absolute atomic E-state index is 0.0613. The Balaban J connectivity index is 1.18. The lowest BCUT2D eigenvalue weighted by Crippen LogP contribution is -2.45. The highest BCUT2D eigenvalue weighted by atomic mass is 32.2. The fraction of sp³-hybridized carbons (Fsp3) is 0.519. The molecular formula is C27H34N2O3S. The highest BCUT2D eigenvalue weighted by Gasteiger charge is 2.37. The number of hydrogen-bond acceptors (Lipinski definition) is 3. The Bertz CT molecular complexity index is 1090. The number of piperidine rings is 1. The van der Waals surface area contributed by atoms with Crippen LogP contribution in [0.5, 0.6) is 0 Å². The fourth-order valence-corrected chi connectivity index (χ4v) is 7.36. The molecule has 2 saturated heterocycles. The van der Waals surface area contributed by atoms with Crippen LogP contribution in [0.2, 0.25) is 0 Å². The average Bonchev–Trinajstić information content (AvgIpc) is 3.52. The van der Waals surface area contributed by atoms with Gasteiger partial charge in [-0.2, -0.15) is 4.31 Å². The van der Waals surface area contributed by atoms with E-state index in [1.54, 1.807) is 10.4 Å². The summed E-state index contributed by atoms with van der Waals surface area (Å²) in [5.41, 5.74) is 3.78. The molecule has 1 amide bonds. The summed E-state index contributed by atoms with van der Waals surface area (Å²) in [5.74, 6) is 0.175. The Morgan fingerprint density at radius 2 is 1.64 bits per heavy atom. The third kappa shape index (κ3) is 4.73. The number of likely N-dealkylation sites (tertiary alicyclic amines) is 1. The molecule has 0 N–H and O–H groups in total. The number of benzene rings is 2. The molecule has 33 heavy (non-hydrogen) atoms. The van der Waals surface area contributed by atoms with Crippen LogP contribution in [0.4, 0.5) is 0 Å². The van der Waals surface area contributed by atoms with E-state index in [9.17, 15) is 13.2 Å². The summed E-state index contributed by atoms with van der Waals surface area (Å²) in [5, 5.41) is 0. The van der Waals surface area contributed by atoms with E-state index < -0.39 is 10.0 Å². The second-order valence-corrected chi connectivity index (χ2v) is 11.8. The summed E-state index contributed by atoms with van der Waals surface area (Å²) in [4.78, 5) is 15.8. The number of rotatable bonds is 6. The number of carbonyl (C=O) groups is 1. The van der Waals surface area contributed by atoms with Gasteiger partial charge < -0.3 is 4.90 Å². The van der Waals surface area contributed by atoms with Gasteiger partial charge in [-0.3, -0.25) is 4.79 Å². The number of hydrogen-bond donors (Lipinski definition) is 0. The Hall–Kier alpha value is -2.18. The van der Waals surface area contributed by atoms with Gasteiger partial charge >= 0.3 is 0 Å². The number of sulfonamides is 1. The minimum atomic E-state index is -3.49. The monoisotopic (exact) mass is 466 g/mol. The predicted octanol–water partition coefficient (Wildman–Crippen LogP) is 4.20.